The van der Waals surface area contributed by atoms with Crippen molar-refractivity contribution in [1.82, 2.24) is 14.5 Å². The minimum absolute atomic E-state index is 0.564. The highest BCUT2D eigenvalue weighted by atomic mass is 79.9. The molecule has 0 aliphatic carbocycles. The average molecular weight is 357 g/mol. The summed E-state index contributed by atoms with van der Waals surface area (Å²) in [6.07, 6.45) is 2.55. The standard InChI is InChI=1S/C13H11BrClN3S/c14-9-4-7-19-11(9)8-18-12(3-5-15)17-10-2-1-6-16-13(10)18/h1-2,4,6-7H,3,5,8H2. The molecular formula is C13H11BrClN3S. The molecule has 0 atom stereocenters. The molecule has 0 spiro atoms. The van der Waals surface area contributed by atoms with E-state index in [-0.39, 0.29) is 0 Å². The maximum atomic E-state index is 5.87. The molecule has 0 radical (unpaired) electrons. The Kier molecular flexibility index (Phi) is 3.86. The number of imidazole rings is 1. The smallest absolute Gasteiger partial charge is 0.160 e. The first-order valence-corrected chi connectivity index (χ1v) is 8.08. The van der Waals surface area contributed by atoms with Gasteiger partial charge in [0.25, 0.3) is 0 Å². The van der Waals surface area contributed by atoms with Gasteiger partial charge in [-0.05, 0) is 39.5 Å². The van der Waals surface area contributed by atoms with E-state index >= 15 is 0 Å². The van der Waals surface area contributed by atoms with Gasteiger partial charge in [-0.1, -0.05) is 0 Å². The van der Waals surface area contributed by atoms with Gasteiger partial charge in [0.05, 0.1) is 6.54 Å². The summed E-state index contributed by atoms with van der Waals surface area (Å²) in [5.41, 5.74) is 1.85. The molecule has 0 amide bonds. The van der Waals surface area contributed by atoms with Crippen molar-refractivity contribution in [2.75, 3.05) is 5.88 Å². The number of aromatic nitrogens is 3. The normalized spacial score (nSPS) is 11.3. The third-order valence-corrected chi connectivity index (χ3v) is 4.99. The number of pyridine rings is 1. The van der Waals surface area contributed by atoms with Gasteiger partial charge in [-0.3, -0.25) is 0 Å². The fourth-order valence-electron chi connectivity index (χ4n) is 2.03. The van der Waals surface area contributed by atoms with Crippen molar-refractivity contribution < 1.29 is 0 Å². The zero-order chi connectivity index (χ0) is 13.2. The van der Waals surface area contributed by atoms with Gasteiger partial charge in [0, 0.05) is 27.8 Å². The quantitative estimate of drug-likeness (QED) is 0.659. The molecule has 0 bridgehead atoms. The zero-order valence-corrected chi connectivity index (χ0v) is 13.2. The van der Waals surface area contributed by atoms with E-state index in [0.29, 0.717) is 5.88 Å². The maximum absolute atomic E-state index is 5.87. The molecule has 0 saturated heterocycles. The number of rotatable bonds is 4. The Morgan fingerprint density at radius 2 is 2.26 bits per heavy atom. The van der Waals surface area contributed by atoms with Crippen molar-refractivity contribution >= 4 is 50.0 Å². The van der Waals surface area contributed by atoms with E-state index in [1.54, 1.807) is 17.5 Å². The molecule has 0 fully saturated rings. The van der Waals surface area contributed by atoms with Gasteiger partial charge in [0.1, 0.15) is 11.3 Å². The minimum atomic E-state index is 0.564. The molecule has 6 heteroatoms. The van der Waals surface area contributed by atoms with Crippen LogP contribution in [0.1, 0.15) is 10.7 Å². The number of fused-ring (bicyclic) bond motifs is 1. The second-order valence-electron chi connectivity index (χ2n) is 4.09. The van der Waals surface area contributed by atoms with Crippen LogP contribution in [-0.2, 0) is 13.0 Å². The van der Waals surface area contributed by atoms with Gasteiger partial charge in [-0.15, -0.1) is 22.9 Å². The molecule has 0 aliphatic rings. The molecule has 0 aliphatic heterocycles. The lowest BCUT2D eigenvalue weighted by atomic mass is 10.4. The molecule has 3 aromatic heterocycles. The van der Waals surface area contributed by atoms with Gasteiger partial charge in [0.2, 0.25) is 0 Å². The van der Waals surface area contributed by atoms with Crippen LogP contribution in [0.5, 0.6) is 0 Å². The van der Waals surface area contributed by atoms with Crippen LogP contribution in [0.15, 0.2) is 34.2 Å². The summed E-state index contributed by atoms with van der Waals surface area (Å²) in [4.78, 5) is 10.3. The van der Waals surface area contributed by atoms with E-state index in [1.165, 1.54) is 4.88 Å². The molecule has 3 rings (SSSR count). The van der Waals surface area contributed by atoms with Crippen molar-refractivity contribution in [2.24, 2.45) is 0 Å². The summed E-state index contributed by atoms with van der Waals surface area (Å²) in [5.74, 6) is 1.55. The van der Waals surface area contributed by atoms with Crippen LogP contribution in [0.3, 0.4) is 0 Å². The minimum Gasteiger partial charge on any atom is -0.307 e. The SMILES string of the molecule is ClCCc1nc2cccnc2n1Cc1sccc1Br. The highest BCUT2D eigenvalue weighted by Gasteiger charge is 2.13. The fourth-order valence-corrected chi connectivity index (χ4v) is 3.66. The first-order valence-electron chi connectivity index (χ1n) is 5.87. The number of hydrogen-bond donors (Lipinski definition) is 0. The summed E-state index contributed by atoms with van der Waals surface area (Å²) in [7, 11) is 0. The maximum Gasteiger partial charge on any atom is 0.160 e. The van der Waals surface area contributed by atoms with Crippen LogP contribution in [0.2, 0.25) is 0 Å². The lowest BCUT2D eigenvalue weighted by Crippen LogP contribution is -2.06. The van der Waals surface area contributed by atoms with Crippen molar-refractivity contribution in [1.29, 1.82) is 0 Å². The molecule has 19 heavy (non-hydrogen) atoms. The zero-order valence-electron chi connectivity index (χ0n) is 10.0. The molecule has 3 nitrogen and oxygen atoms in total. The Morgan fingerprint density at radius 1 is 1.37 bits per heavy atom. The van der Waals surface area contributed by atoms with Crippen LogP contribution >= 0.6 is 38.9 Å². The van der Waals surface area contributed by atoms with Gasteiger partial charge >= 0.3 is 0 Å². The predicted octanol–water partition coefficient (Wildman–Crippen LogP) is 4.08. The van der Waals surface area contributed by atoms with Crippen molar-refractivity contribution in [3.05, 3.63) is 45.0 Å². The van der Waals surface area contributed by atoms with Gasteiger partial charge < -0.3 is 4.57 Å². The van der Waals surface area contributed by atoms with Crippen LogP contribution < -0.4 is 0 Å². The summed E-state index contributed by atoms with van der Waals surface area (Å²) >= 11 is 11.2. The highest BCUT2D eigenvalue weighted by molar-refractivity contribution is 9.10. The Balaban J connectivity index is 2.09. The van der Waals surface area contributed by atoms with E-state index in [0.717, 1.165) is 34.4 Å². The van der Waals surface area contributed by atoms with Gasteiger partial charge in [-0.2, -0.15) is 0 Å². The van der Waals surface area contributed by atoms with Crippen LogP contribution in [0, 0.1) is 0 Å². The predicted molar refractivity (Wildman–Crippen MR) is 83.1 cm³/mol. The first kappa shape index (κ1) is 13.1. The summed E-state index contributed by atoms with van der Waals surface area (Å²) in [6, 6.07) is 5.96. The Hall–Kier alpha value is -0.910. The fraction of sp³-hybridized carbons (Fsp3) is 0.231. The van der Waals surface area contributed by atoms with Gasteiger partial charge in [0.15, 0.2) is 5.65 Å². The summed E-state index contributed by atoms with van der Waals surface area (Å²) in [5, 5.41) is 2.08. The molecule has 0 N–H and O–H groups in total. The highest BCUT2D eigenvalue weighted by Crippen LogP contribution is 2.25. The van der Waals surface area contributed by atoms with E-state index in [1.807, 2.05) is 12.1 Å². The van der Waals surface area contributed by atoms with Crippen LogP contribution in [0.25, 0.3) is 11.2 Å². The van der Waals surface area contributed by atoms with E-state index in [2.05, 4.69) is 41.9 Å². The molecule has 0 unspecified atom stereocenters. The molecule has 3 heterocycles. The molecule has 98 valence electrons. The second-order valence-corrected chi connectivity index (χ2v) is 6.32. The number of thiophene rings is 1. The summed E-state index contributed by atoms with van der Waals surface area (Å²) < 4.78 is 3.28. The number of nitrogens with zero attached hydrogens (tertiary/aromatic N) is 3. The lowest BCUT2D eigenvalue weighted by molar-refractivity contribution is 0.754. The molecule has 0 aromatic carbocycles. The third kappa shape index (κ3) is 2.55. The first-order chi connectivity index (χ1) is 9.29. The average Bonchev–Trinajstić information content (AvgIpc) is 2.96. The Morgan fingerprint density at radius 3 is 3.00 bits per heavy atom. The number of halogens is 2. The van der Waals surface area contributed by atoms with Crippen LogP contribution in [0.4, 0.5) is 0 Å². The molecule has 3 aromatic rings. The molecule has 0 saturated carbocycles. The van der Waals surface area contributed by atoms with Crippen LogP contribution in [-0.4, -0.2) is 20.4 Å². The van der Waals surface area contributed by atoms with E-state index < -0.39 is 0 Å². The van der Waals surface area contributed by atoms with Crippen molar-refractivity contribution in [2.45, 2.75) is 13.0 Å². The number of alkyl halides is 1. The second kappa shape index (κ2) is 5.61. The van der Waals surface area contributed by atoms with E-state index in [4.69, 9.17) is 11.6 Å². The lowest BCUT2D eigenvalue weighted by Gasteiger charge is -2.06. The largest absolute Gasteiger partial charge is 0.307 e. The third-order valence-electron chi connectivity index (χ3n) is 2.89. The summed E-state index contributed by atoms with van der Waals surface area (Å²) in [6.45, 7) is 0.776. The molecular weight excluding hydrogens is 346 g/mol. The number of aryl methyl sites for hydroxylation is 1. The Bertz CT molecular complexity index is 707. The topological polar surface area (TPSA) is 30.7 Å². The van der Waals surface area contributed by atoms with E-state index in [9.17, 15) is 0 Å². The Labute approximate surface area is 128 Å². The van der Waals surface area contributed by atoms with Crippen molar-refractivity contribution in [3.63, 3.8) is 0 Å². The van der Waals surface area contributed by atoms with Crippen molar-refractivity contribution in [3.8, 4) is 0 Å². The number of hydrogen-bond acceptors (Lipinski definition) is 3. The monoisotopic (exact) mass is 355 g/mol. The van der Waals surface area contributed by atoms with Gasteiger partial charge in [-0.25, -0.2) is 9.97 Å².